The first-order chi connectivity index (χ1) is 11.6. The van der Waals surface area contributed by atoms with Crippen LogP contribution in [0, 0.1) is 0 Å². The number of carbonyl (C=O) groups excluding carboxylic acids is 1. The molecule has 0 saturated carbocycles. The lowest BCUT2D eigenvalue weighted by Crippen LogP contribution is -2.26. The smallest absolute Gasteiger partial charge is 0.253 e. The first kappa shape index (κ1) is 17.8. The number of rotatable bonds is 7. The Bertz CT molecular complexity index is 707. The zero-order chi connectivity index (χ0) is 17.4. The van der Waals surface area contributed by atoms with Crippen LogP contribution in [0.25, 0.3) is 0 Å². The third-order valence-corrected chi connectivity index (χ3v) is 4.17. The van der Waals surface area contributed by atoms with E-state index in [-0.39, 0.29) is 11.2 Å². The summed E-state index contributed by atoms with van der Waals surface area (Å²) in [6, 6.07) is 10.9. The van der Waals surface area contributed by atoms with Gasteiger partial charge in [0.2, 0.25) is 0 Å². The molecule has 0 aliphatic heterocycles. The zero-order valence-electron chi connectivity index (χ0n) is 13.7. The summed E-state index contributed by atoms with van der Waals surface area (Å²) in [6.45, 7) is 1.80. The van der Waals surface area contributed by atoms with Crippen molar-refractivity contribution in [3.8, 4) is 11.5 Å². The van der Waals surface area contributed by atoms with Gasteiger partial charge in [-0.2, -0.15) is 5.10 Å². The molecule has 0 saturated heterocycles. The van der Waals surface area contributed by atoms with Crippen molar-refractivity contribution in [3.05, 3.63) is 48.2 Å². The van der Waals surface area contributed by atoms with E-state index in [0.29, 0.717) is 17.1 Å². The summed E-state index contributed by atoms with van der Waals surface area (Å²) in [5, 5.41) is 4.47. The minimum Gasteiger partial charge on any atom is -0.497 e. The Balaban J connectivity index is 1.96. The lowest BCUT2D eigenvalue weighted by molar-refractivity contribution is -0.120. The molecule has 6 nitrogen and oxygen atoms in total. The van der Waals surface area contributed by atoms with Crippen molar-refractivity contribution in [1.29, 1.82) is 0 Å². The SMILES string of the molecule is COc1ccc(OC)c(C=NNC(=O)C(C)Sc2ccccn2)c1. The number of methoxy groups -OCH3 is 2. The number of nitrogens with one attached hydrogen (secondary N) is 1. The van der Waals surface area contributed by atoms with Crippen molar-refractivity contribution in [2.75, 3.05) is 14.2 Å². The van der Waals surface area contributed by atoms with Crippen LogP contribution in [0.1, 0.15) is 12.5 Å². The van der Waals surface area contributed by atoms with Crippen LogP contribution in [-0.4, -0.2) is 36.6 Å². The Morgan fingerprint density at radius 2 is 2.12 bits per heavy atom. The second kappa shape index (κ2) is 8.93. The Hall–Kier alpha value is -2.54. The van der Waals surface area contributed by atoms with E-state index in [4.69, 9.17) is 9.47 Å². The maximum Gasteiger partial charge on any atom is 0.253 e. The number of ether oxygens (including phenoxy) is 2. The molecule has 1 N–H and O–H groups in total. The number of hydrogen-bond acceptors (Lipinski definition) is 6. The average molecular weight is 345 g/mol. The molecule has 7 heteroatoms. The van der Waals surface area contributed by atoms with Gasteiger partial charge in [-0.1, -0.05) is 17.8 Å². The highest BCUT2D eigenvalue weighted by Gasteiger charge is 2.14. The molecular formula is C17H19N3O3S. The normalized spacial score (nSPS) is 12.0. The Kier molecular flexibility index (Phi) is 6.62. The van der Waals surface area contributed by atoms with Gasteiger partial charge in [-0.25, -0.2) is 10.4 Å². The largest absolute Gasteiger partial charge is 0.497 e. The molecule has 1 aromatic heterocycles. The highest BCUT2D eigenvalue weighted by molar-refractivity contribution is 8.00. The fourth-order valence-electron chi connectivity index (χ4n) is 1.85. The van der Waals surface area contributed by atoms with E-state index in [0.717, 1.165) is 5.03 Å². The molecule has 126 valence electrons. The highest BCUT2D eigenvalue weighted by atomic mass is 32.2. The monoisotopic (exact) mass is 345 g/mol. The van der Waals surface area contributed by atoms with Gasteiger partial charge in [0.15, 0.2) is 0 Å². The number of pyridine rings is 1. The van der Waals surface area contributed by atoms with Gasteiger partial charge in [-0.3, -0.25) is 4.79 Å². The molecule has 0 aliphatic carbocycles. The lowest BCUT2D eigenvalue weighted by atomic mass is 10.2. The van der Waals surface area contributed by atoms with Gasteiger partial charge in [-0.15, -0.1) is 0 Å². The molecule has 1 amide bonds. The maximum atomic E-state index is 12.1. The molecule has 1 unspecified atom stereocenters. The van der Waals surface area contributed by atoms with Gasteiger partial charge < -0.3 is 9.47 Å². The minimum absolute atomic E-state index is 0.205. The van der Waals surface area contributed by atoms with Crippen molar-refractivity contribution < 1.29 is 14.3 Å². The van der Waals surface area contributed by atoms with Gasteiger partial charge in [0, 0.05) is 11.8 Å². The van der Waals surface area contributed by atoms with E-state index in [2.05, 4.69) is 15.5 Å². The van der Waals surface area contributed by atoms with E-state index in [1.165, 1.54) is 18.0 Å². The third kappa shape index (κ3) is 4.99. The molecule has 0 spiro atoms. The Morgan fingerprint density at radius 1 is 1.29 bits per heavy atom. The third-order valence-electron chi connectivity index (χ3n) is 3.12. The summed E-state index contributed by atoms with van der Waals surface area (Å²) in [5.74, 6) is 1.12. The molecule has 1 aromatic carbocycles. The number of carbonyl (C=O) groups is 1. The number of nitrogens with zero attached hydrogens (tertiary/aromatic N) is 2. The van der Waals surface area contributed by atoms with Gasteiger partial charge in [0.25, 0.3) is 5.91 Å². The molecular weight excluding hydrogens is 326 g/mol. The molecule has 1 heterocycles. The summed E-state index contributed by atoms with van der Waals surface area (Å²) in [6.07, 6.45) is 3.22. The number of benzene rings is 1. The van der Waals surface area contributed by atoms with Crippen LogP contribution >= 0.6 is 11.8 Å². The Labute approximate surface area is 145 Å². The first-order valence-electron chi connectivity index (χ1n) is 7.26. The van der Waals surface area contributed by atoms with Crippen LogP contribution in [0.4, 0.5) is 0 Å². The maximum absolute atomic E-state index is 12.1. The van der Waals surface area contributed by atoms with Crippen LogP contribution in [0.3, 0.4) is 0 Å². The van der Waals surface area contributed by atoms with E-state index >= 15 is 0 Å². The zero-order valence-corrected chi connectivity index (χ0v) is 14.5. The van der Waals surface area contributed by atoms with Gasteiger partial charge in [0.1, 0.15) is 11.5 Å². The van der Waals surface area contributed by atoms with E-state index in [9.17, 15) is 4.79 Å². The van der Waals surface area contributed by atoms with Crippen LogP contribution in [0.2, 0.25) is 0 Å². The number of amides is 1. The predicted molar refractivity (Wildman–Crippen MR) is 94.8 cm³/mol. The molecule has 0 bridgehead atoms. The predicted octanol–water partition coefficient (Wildman–Crippen LogP) is 2.73. The standard InChI is InChI=1S/C17H19N3O3S/c1-12(24-16-6-4-5-9-18-16)17(21)20-19-11-13-10-14(22-2)7-8-15(13)23-3/h4-12H,1-3H3,(H,20,21). The molecule has 24 heavy (non-hydrogen) atoms. The summed E-state index contributed by atoms with van der Waals surface area (Å²) in [4.78, 5) is 16.3. The molecule has 2 rings (SSSR count). The quantitative estimate of drug-likeness (QED) is 0.474. The minimum atomic E-state index is -0.316. The average Bonchev–Trinajstić information content (AvgIpc) is 2.62. The number of hydrogen-bond donors (Lipinski definition) is 1. The van der Waals surface area contributed by atoms with Gasteiger partial charge in [0.05, 0.1) is 30.7 Å². The number of hydrazone groups is 1. The van der Waals surface area contributed by atoms with E-state index in [1.807, 2.05) is 18.2 Å². The van der Waals surface area contributed by atoms with Crippen molar-refractivity contribution in [1.82, 2.24) is 10.4 Å². The van der Waals surface area contributed by atoms with E-state index in [1.54, 1.807) is 45.5 Å². The van der Waals surface area contributed by atoms with Crippen LogP contribution in [-0.2, 0) is 4.79 Å². The molecule has 0 fully saturated rings. The van der Waals surface area contributed by atoms with E-state index < -0.39 is 0 Å². The van der Waals surface area contributed by atoms with Crippen molar-refractivity contribution in [2.24, 2.45) is 5.10 Å². The van der Waals surface area contributed by atoms with Crippen molar-refractivity contribution in [2.45, 2.75) is 17.2 Å². The van der Waals surface area contributed by atoms with Gasteiger partial charge in [-0.05, 0) is 37.3 Å². The summed E-state index contributed by atoms with van der Waals surface area (Å²) in [7, 11) is 3.16. The lowest BCUT2D eigenvalue weighted by Gasteiger charge is -2.09. The molecule has 0 aliphatic rings. The van der Waals surface area contributed by atoms with Crippen LogP contribution < -0.4 is 14.9 Å². The highest BCUT2D eigenvalue weighted by Crippen LogP contribution is 2.22. The topological polar surface area (TPSA) is 72.8 Å². The van der Waals surface area contributed by atoms with Crippen LogP contribution in [0.15, 0.2) is 52.7 Å². The van der Waals surface area contributed by atoms with Crippen molar-refractivity contribution >= 4 is 23.9 Å². The Morgan fingerprint density at radius 3 is 2.79 bits per heavy atom. The second-order valence-electron chi connectivity index (χ2n) is 4.77. The fraction of sp³-hybridized carbons (Fsp3) is 0.235. The van der Waals surface area contributed by atoms with Crippen LogP contribution in [0.5, 0.6) is 11.5 Å². The number of thioether (sulfide) groups is 1. The fourth-order valence-corrected chi connectivity index (χ4v) is 2.65. The first-order valence-corrected chi connectivity index (χ1v) is 8.14. The summed E-state index contributed by atoms with van der Waals surface area (Å²) >= 11 is 1.37. The molecule has 0 radical (unpaired) electrons. The summed E-state index contributed by atoms with van der Waals surface area (Å²) < 4.78 is 10.4. The molecule has 1 atom stereocenters. The van der Waals surface area contributed by atoms with Crippen molar-refractivity contribution in [3.63, 3.8) is 0 Å². The van der Waals surface area contributed by atoms with Gasteiger partial charge >= 0.3 is 0 Å². The summed E-state index contributed by atoms with van der Waals surface area (Å²) in [5.41, 5.74) is 3.24. The second-order valence-corrected chi connectivity index (χ2v) is 6.13. The molecule has 2 aromatic rings. The number of aromatic nitrogens is 1.